The van der Waals surface area contributed by atoms with Crippen molar-refractivity contribution in [1.82, 2.24) is 24.7 Å². The summed E-state index contributed by atoms with van der Waals surface area (Å²) in [5, 5.41) is 13.2. The Labute approximate surface area is 244 Å². The van der Waals surface area contributed by atoms with Gasteiger partial charge >= 0.3 is 6.03 Å². The Morgan fingerprint density at radius 2 is 1.63 bits per heavy atom. The quantitative estimate of drug-likeness (QED) is 0.532. The van der Waals surface area contributed by atoms with Gasteiger partial charge in [0.05, 0.1) is 18.3 Å². The zero-order chi connectivity index (χ0) is 28.3. The number of nitrogens with zero attached hydrogens (tertiary/aromatic N) is 7. The predicted molar refractivity (Wildman–Crippen MR) is 161 cm³/mol. The lowest BCUT2D eigenvalue weighted by atomic mass is 9.88. The molecule has 1 N–H and O–H groups in total. The van der Waals surface area contributed by atoms with Gasteiger partial charge in [-0.05, 0) is 88.1 Å². The smallest absolute Gasteiger partial charge is 0.319 e. The first kappa shape index (κ1) is 27.8. The minimum atomic E-state index is 0.0811. The monoisotopic (exact) mass is 556 g/mol. The number of hydrogen-bond donors (Lipinski definition) is 1. The molecule has 3 aliphatic heterocycles. The Morgan fingerprint density at radius 1 is 0.927 bits per heavy atom. The summed E-state index contributed by atoms with van der Waals surface area (Å²) >= 11 is 0. The van der Waals surface area contributed by atoms with Crippen molar-refractivity contribution in [2.45, 2.75) is 88.3 Å². The van der Waals surface area contributed by atoms with Crippen LogP contribution in [0.4, 0.5) is 22.1 Å². The van der Waals surface area contributed by atoms with Crippen LogP contribution in [0, 0.1) is 11.3 Å². The molecule has 2 amide bonds. The molecule has 0 radical (unpaired) electrons. The fraction of sp³-hybridized carbons (Fsp3) is 0.625. The molecular weight excluding hydrogens is 512 g/mol. The molecular formula is C32H44N8O. The van der Waals surface area contributed by atoms with Crippen LogP contribution in [0.5, 0.6) is 0 Å². The van der Waals surface area contributed by atoms with Crippen LogP contribution in [0.1, 0.15) is 81.4 Å². The van der Waals surface area contributed by atoms with Crippen molar-refractivity contribution < 1.29 is 4.79 Å². The number of piperidine rings is 3. The van der Waals surface area contributed by atoms with Crippen LogP contribution >= 0.6 is 0 Å². The molecule has 4 aliphatic rings. The summed E-state index contributed by atoms with van der Waals surface area (Å²) < 4.78 is 0. The second-order valence-electron chi connectivity index (χ2n) is 12.5. The molecule has 1 aromatic carbocycles. The van der Waals surface area contributed by atoms with Gasteiger partial charge in [-0.2, -0.15) is 5.26 Å². The number of carbonyl (C=O) groups excluding carboxylic acids is 1. The van der Waals surface area contributed by atoms with Crippen molar-refractivity contribution in [3.63, 3.8) is 0 Å². The van der Waals surface area contributed by atoms with Gasteiger partial charge in [0.15, 0.2) is 11.5 Å². The highest BCUT2D eigenvalue weighted by molar-refractivity contribution is 5.74. The van der Waals surface area contributed by atoms with E-state index in [4.69, 9.17) is 4.98 Å². The minimum Gasteiger partial charge on any atom is -0.350 e. The zero-order valence-corrected chi connectivity index (χ0v) is 24.6. The van der Waals surface area contributed by atoms with Crippen LogP contribution in [-0.4, -0.2) is 89.1 Å². The molecule has 2 aromatic rings. The fourth-order valence-electron chi connectivity index (χ4n) is 7.69. The van der Waals surface area contributed by atoms with Crippen LogP contribution in [0.15, 0.2) is 30.5 Å². The van der Waals surface area contributed by atoms with Crippen molar-refractivity contribution in [3.05, 3.63) is 41.7 Å². The molecule has 6 rings (SSSR count). The molecule has 1 saturated carbocycles. The average Bonchev–Trinajstić information content (AvgIpc) is 3.56. The zero-order valence-electron chi connectivity index (χ0n) is 24.6. The van der Waals surface area contributed by atoms with E-state index in [1.165, 1.54) is 57.2 Å². The Balaban J connectivity index is 1.14. The summed E-state index contributed by atoms with van der Waals surface area (Å²) in [6.07, 6.45) is 13.7. The number of carbonyl (C=O) groups is 1. The van der Waals surface area contributed by atoms with Crippen molar-refractivity contribution in [1.29, 1.82) is 5.26 Å². The van der Waals surface area contributed by atoms with Gasteiger partial charge in [-0.3, -0.25) is 0 Å². The summed E-state index contributed by atoms with van der Waals surface area (Å²) in [4.78, 5) is 31.1. The number of urea groups is 1. The van der Waals surface area contributed by atoms with E-state index in [0.29, 0.717) is 17.4 Å². The maximum atomic E-state index is 12.9. The van der Waals surface area contributed by atoms with E-state index in [1.807, 2.05) is 19.0 Å². The Hall–Kier alpha value is -3.38. The number of benzene rings is 1. The highest BCUT2D eigenvalue weighted by Gasteiger charge is 2.41. The summed E-state index contributed by atoms with van der Waals surface area (Å²) in [5.41, 5.74) is 2.60. The normalized spacial score (nSPS) is 24.1. The fourth-order valence-corrected chi connectivity index (χ4v) is 7.69. The molecule has 4 heterocycles. The molecule has 218 valence electrons. The molecule has 2 atom stereocenters. The first-order chi connectivity index (χ1) is 20.0. The lowest BCUT2D eigenvalue weighted by Crippen LogP contribution is -2.61. The van der Waals surface area contributed by atoms with Gasteiger partial charge in [0, 0.05) is 38.9 Å². The van der Waals surface area contributed by atoms with E-state index in [9.17, 15) is 10.1 Å². The van der Waals surface area contributed by atoms with Gasteiger partial charge in [-0.1, -0.05) is 25.0 Å². The molecule has 4 fully saturated rings. The molecule has 1 aromatic heterocycles. The lowest BCUT2D eigenvalue weighted by Gasteiger charge is -2.50. The van der Waals surface area contributed by atoms with E-state index in [0.717, 1.165) is 56.3 Å². The van der Waals surface area contributed by atoms with E-state index in [-0.39, 0.29) is 18.1 Å². The van der Waals surface area contributed by atoms with Crippen LogP contribution in [0.2, 0.25) is 0 Å². The second-order valence-corrected chi connectivity index (χ2v) is 12.5. The molecule has 41 heavy (non-hydrogen) atoms. The maximum absolute atomic E-state index is 12.9. The van der Waals surface area contributed by atoms with Crippen molar-refractivity contribution in [2.24, 2.45) is 0 Å². The van der Waals surface area contributed by atoms with Gasteiger partial charge in [-0.15, -0.1) is 0 Å². The number of anilines is 3. The molecule has 2 unspecified atom stereocenters. The number of fused-ring (bicyclic) bond motifs is 1. The average molecular weight is 557 g/mol. The van der Waals surface area contributed by atoms with E-state index >= 15 is 0 Å². The molecule has 0 spiro atoms. The summed E-state index contributed by atoms with van der Waals surface area (Å²) in [5.74, 6) is 1.87. The van der Waals surface area contributed by atoms with Crippen molar-refractivity contribution in [2.75, 3.05) is 50.5 Å². The number of amides is 2. The highest BCUT2D eigenvalue weighted by Crippen LogP contribution is 2.35. The van der Waals surface area contributed by atoms with Gasteiger partial charge in [-0.25, -0.2) is 14.8 Å². The van der Waals surface area contributed by atoms with Gasteiger partial charge in [0.1, 0.15) is 11.9 Å². The van der Waals surface area contributed by atoms with Crippen LogP contribution in [0.3, 0.4) is 0 Å². The van der Waals surface area contributed by atoms with Gasteiger partial charge in [0.25, 0.3) is 0 Å². The SMILES string of the molecule is CN(C)C(=O)N1CCCC2C1CCCN2c1cnc(C#N)c(Nc2ccc(C3CCN(C4CCCC4)CC3)cc2)n1. The van der Waals surface area contributed by atoms with Crippen LogP contribution in [-0.2, 0) is 0 Å². The van der Waals surface area contributed by atoms with Gasteiger partial charge in [0.2, 0.25) is 0 Å². The highest BCUT2D eigenvalue weighted by atomic mass is 16.2. The molecule has 9 nitrogen and oxygen atoms in total. The third kappa shape index (κ3) is 5.85. The van der Waals surface area contributed by atoms with E-state index in [2.05, 4.69) is 50.4 Å². The largest absolute Gasteiger partial charge is 0.350 e. The second kappa shape index (κ2) is 12.2. The third-order valence-corrected chi connectivity index (χ3v) is 9.85. The summed E-state index contributed by atoms with van der Waals surface area (Å²) in [6, 6.07) is 12.2. The molecule has 9 heteroatoms. The Kier molecular flexibility index (Phi) is 8.29. The van der Waals surface area contributed by atoms with E-state index < -0.39 is 0 Å². The lowest BCUT2D eigenvalue weighted by molar-refractivity contribution is 0.102. The predicted octanol–water partition coefficient (Wildman–Crippen LogP) is 5.33. The first-order valence-electron chi connectivity index (χ1n) is 15.6. The number of likely N-dealkylation sites (tertiary alicyclic amines) is 2. The molecule has 3 saturated heterocycles. The number of nitriles is 1. The molecule has 0 bridgehead atoms. The number of rotatable bonds is 5. The maximum Gasteiger partial charge on any atom is 0.319 e. The van der Waals surface area contributed by atoms with Crippen molar-refractivity contribution >= 4 is 23.4 Å². The summed E-state index contributed by atoms with van der Waals surface area (Å²) in [7, 11) is 3.64. The van der Waals surface area contributed by atoms with E-state index in [1.54, 1.807) is 11.1 Å². The Bertz CT molecular complexity index is 1240. The molecule has 1 aliphatic carbocycles. The van der Waals surface area contributed by atoms with Crippen LogP contribution in [0.25, 0.3) is 0 Å². The third-order valence-electron chi connectivity index (χ3n) is 9.85. The number of hydrogen-bond acceptors (Lipinski definition) is 7. The number of nitrogens with one attached hydrogen (secondary N) is 1. The summed E-state index contributed by atoms with van der Waals surface area (Å²) in [6.45, 7) is 4.10. The Morgan fingerprint density at radius 3 is 2.34 bits per heavy atom. The number of aromatic nitrogens is 2. The standard InChI is InChI=1S/C32H44N8O/c1-37(2)32(41)40-18-6-9-28-29(40)10-5-17-39(28)30-22-34-27(21-33)31(36-30)35-25-13-11-23(12-14-25)24-15-19-38(20-16-24)26-7-3-4-8-26/h11-14,22,24,26,28-29H,3-10,15-20H2,1-2H3,(H,35,36). The minimum absolute atomic E-state index is 0.0811. The van der Waals surface area contributed by atoms with Gasteiger partial charge < -0.3 is 24.9 Å². The van der Waals surface area contributed by atoms with Crippen molar-refractivity contribution in [3.8, 4) is 6.07 Å². The first-order valence-corrected chi connectivity index (χ1v) is 15.6. The van der Waals surface area contributed by atoms with Crippen LogP contribution < -0.4 is 10.2 Å². The topological polar surface area (TPSA) is 91.6 Å².